The highest BCUT2D eigenvalue weighted by Crippen LogP contribution is 2.24. The summed E-state index contributed by atoms with van der Waals surface area (Å²) in [5.41, 5.74) is 3.77. The van der Waals surface area contributed by atoms with Crippen LogP contribution < -0.4 is 10.1 Å². The highest BCUT2D eigenvalue weighted by Gasteiger charge is 2.20. The van der Waals surface area contributed by atoms with Crippen LogP contribution >= 0.6 is 0 Å². The van der Waals surface area contributed by atoms with Crippen molar-refractivity contribution in [1.29, 1.82) is 0 Å². The number of aliphatic hydroxyl groups excluding tert-OH is 1. The number of carbonyl (C=O) groups is 1. The smallest absolute Gasteiger partial charge is 0.270 e. The normalized spacial score (nSPS) is 12.1. The molecule has 0 aliphatic heterocycles. The number of rotatable bonds is 7. The Labute approximate surface area is 196 Å². The summed E-state index contributed by atoms with van der Waals surface area (Å²) in [5.74, 6) is 0.821. The first-order valence-electron chi connectivity index (χ1n) is 11.0. The van der Waals surface area contributed by atoms with E-state index >= 15 is 0 Å². The zero-order valence-corrected chi connectivity index (χ0v) is 18.7. The van der Waals surface area contributed by atoms with Gasteiger partial charge in [-0.3, -0.25) is 4.79 Å². The van der Waals surface area contributed by atoms with E-state index in [-0.39, 0.29) is 18.2 Å². The topological polar surface area (TPSA) is 100 Å². The van der Waals surface area contributed by atoms with Crippen LogP contribution in [0.2, 0.25) is 0 Å². The van der Waals surface area contributed by atoms with E-state index in [0.29, 0.717) is 23.1 Å². The molecule has 170 valence electrons. The molecular weight excluding hydrogens is 428 g/mol. The van der Waals surface area contributed by atoms with Crippen LogP contribution in [0, 0.1) is 0 Å². The van der Waals surface area contributed by atoms with Gasteiger partial charge in [-0.25, -0.2) is 9.97 Å². The molecule has 34 heavy (non-hydrogen) atoms. The minimum atomic E-state index is -0.468. The molecule has 3 aromatic carbocycles. The third-order valence-corrected chi connectivity index (χ3v) is 5.86. The molecule has 2 aromatic heterocycles. The molecule has 0 saturated carbocycles. The molecule has 3 N–H and O–H groups in total. The molecule has 0 aliphatic rings. The molecule has 0 aliphatic carbocycles. The van der Waals surface area contributed by atoms with Crippen LogP contribution in [0.15, 0.2) is 79.0 Å². The second-order valence-corrected chi connectivity index (χ2v) is 8.06. The average molecular weight is 453 g/mol. The zero-order chi connectivity index (χ0) is 23.5. The van der Waals surface area contributed by atoms with Gasteiger partial charge in [0.1, 0.15) is 11.4 Å². The molecule has 0 bridgehead atoms. The zero-order valence-electron chi connectivity index (χ0n) is 18.7. The van der Waals surface area contributed by atoms with Gasteiger partial charge in [-0.05, 0) is 48.4 Å². The van der Waals surface area contributed by atoms with Gasteiger partial charge in [-0.15, -0.1) is 0 Å². The fourth-order valence-corrected chi connectivity index (χ4v) is 4.10. The number of ether oxygens (including phenoxy) is 1. The Hall–Kier alpha value is -4.23. The first-order chi connectivity index (χ1) is 16.7. The third-order valence-electron chi connectivity index (χ3n) is 5.86. The van der Waals surface area contributed by atoms with Crippen molar-refractivity contribution < 1.29 is 14.6 Å². The SMILES string of the molecule is COc1ccc(-c2nc(C(=O)N[C@@H](CO)Cc3c[nH]c4ccccc34)c3ccccc3n2)cc1. The van der Waals surface area contributed by atoms with Gasteiger partial charge in [0.15, 0.2) is 5.82 Å². The van der Waals surface area contributed by atoms with Crippen molar-refractivity contribution in [2.75, 3.05) is 13.7 Å². The standard InChI is InChI=1S/C27H24N4O3/c1-34-20-12-10-17(11-13-20)26-30-24-9-5-3-7-22(24)25(31-26)27(33)29-19(16-32)14-18-15-28-23-8-4-2-6-21(18)23/h2-13,15,19,28,32H,14,16H2,1H3,(H,29,33)/t19-/m1/s1. The van der Waals surface area contributed by atoms with E-state index in [2.05, 4.69) is 20.3 Å². The maximum atomic E-state index is 13.4. The number of benzene rings is 3. The summed E-state index contributed by atoms with van der Waals surface area (Å²) in [6.45, 7) is -0.195. The lowest BCUT2D eigenvalue weighted by molar-refractivity contribution is 0.0913. The number of para-hydroxylation sites is 2. The van der Waals surface area contributed by atoms with Crippen LogP contribution in [0.4, 0.5) is 0 Å². The van der Waals surface area contributed by atoms with Crippen molar-refractivity contribution in [2.24, 2.45) is 0 Å². The molecule has 5 aromatic rings. The Morgan fingerprint density at radius 3 is 2.50 bits per heavy atom. The molecule has 7 heteroatoms. The van der Waals surface area contributed by atoms with E-state index < -0.39 is 6.04 Å². The summed E-state index contributed by atoms with van der Waals surface area (Å²) in [5, 5.41) is 14.7. The number of H-pyrrole nitrogens is 1. The Morgan fingerprint density at radius 2 is 1.74 bits per heavy atom. The van der Waals surface area contributed by atoms with Crippen molar-refractivity contribution in [3.05, 3.63) is 90.3 Å². The van der Waals surface area contributed by atoms with Crippen LogP contribution in [0.1, 0.15) is 16.1 Å². The first-order valence-corrected chi connectivity index (χ1v) is 11.0. The van der Waals surface area contributed by atoms with Crippen molar-refractivity contribution >= 4 is 27.7 Å². The molecular formula is C27H24N4O3. The van der Waals surface area contributed by atoms with Crippen LogP contribution in [0.3, 0.4) is 0 Å². The average Bonchev–Trinajstić information content (AvgIpc) is 3.30. The Bertz CT molecular complexity index is 1460. The summed E-state index contributed by atoms with van der Waals surface area (Å²) in [6, 6.07) is 22.3. The lowest BCUT2D eigenvalue weighted by atomic mass is 10.0. The van der Waals surface area contributed by atoms with E-state index in [0.717, 1.165) is 27.8 Å². The van der Waals surface area contributed by atoms with E-state index in [1.807, 2.05) is 79.0 Å². The van der Waals surface area contributed by atoms with Crippen LogP contribution in [-0.4, -0.2) is 45.7 Å². The Morgan fingerprint density at radius 1 is 1.00 bits per heavy atom. The summed E-state index contributed by atoms with van der Waals surface area (Å²) < 4.78 is 5.23. The second kappa shape index (κ2) is 9.33. The van der Waals surface area contributed by atoms with E-state index in [1.165, 1.54) is 0 Å². The Balaban J connectivity index is 1.46. The number of hydrogen-bond acceptors (Lipinski definition) is 5. The predicted octanol–water partition coefficient (Wildman–Crippen LogP) is 4.12. The number of amides is 1. The number of nitrogens with zero attached hydrogens (tertiary/aromatic N) is 2. The number of aromatic nitrogens is 3. The number of aliphatic hydroxyl groups is 1. The molecule has 0 saturated heterocycles. The fourth-order valence-electron chi connectivity index (χ4n) is 4.10. The molecule has 5 rings (SSSR count). The lowest BCUT2D eigenvalue weighted by Gasteiger charge is -2.17. The van der Waals surface area contributed by atoms with Crippen LogP contribution in [0.5, 0.6) is 5.75 Å². The highest BCUT2D eigenvalue weighted by atomic mass is 16.5. The molecule has 2 heterocycles. The highest BCUT2D eigenvalue weighted by molar-refractivity contribution is 6.05. The number of carbonyl (C=O) groups excluding carboxylic acids is 1. The molecule has 7 nitrogen and oxygen atoms in total. The molecule has 0 unspecified atom stereocenters. The van der Waals surface area contributed by atoms with E-state index in [9.17, 15) is 9.90 Å². The second-order valence-electron chi connectivity index (χ2n) is 8.06. The van der Waals surface area contributed by atoms with Gasteiger partial charge in [0.2, 0.25) is 0 Å². The summed E-state index contributed by atoms with van der Waals surface area (Å²) in [6.07, 6.45) is 2.40. The number of fused-ring (bicyclic) bond motifs is 2. The summed E-state index contributed by atoms with van der Waals surface area (Å²) >= 11 is 0. The maximum Gasteiger partial charge on any atom is 0.270 e. The number of methoxy groups -OCH3 is 1. The fraction of sp³-hybridized carbons (Fsp3) is 0.148. The molecule has 1 amide bonds. The number of nitrogens with one attached hydrogen (secondary N) is 2. The maximum absolute atomic E-state index is 13.4. The van der Waals surface area contributed by atoms with Crippen molar-refractivity contribution in [1.82, 2.24) is 20.3 Å². The van der Waals surface area contributed by atoms with Gasteiger partial charge in [-0.1, -0.05) is 36.4 Å². The van der Waals surface area contributed by atoms with Crippen LogP contribution in [0.25, 0.3) is 33.2 Å². The monoisotopic (exact) mass is 452 g/mol. The van der Waals surface area contributed by atoms with Gasteiger partial charge < -0.3 is 20.1 Å². The number of aromatic amines is 1. The van der Waals surface area contributed by atoms with Gasteiger partial charge in [0.05, 0.1) is 25.3 Å². The van der Waals surface area contributed by atoms with Crippen LogP contribution in [-0.2, 0) is 6.42 Å². The summed E-state index contributed by atoms with van der Waals surface area (Å²) in [4.78, 5) is 25.9. The summed E-state index contributed by atoms with van der Waals surface area (Å²) in [7, 11) is 1.61. The number of hydrogen-bond donors (Lipinski definition) is 3. The lowest BCUT2D eigenvalue weighted by Crippen LogP contribution is -2.39. The van der Waals surface area contributed by atoms with Gasteiger partial charge >= 0.3 is 0 Å². The van der Waals surface area contributed by atoms with Gasteiger partial charge in [-0.2, -0.15) is 0 Å². The Kier molecular flexibility index (Phi) is 5.93. The van der Waals surface area contributed by atoms with Gasteiger partial charge in [0, 0.05) is 28.0 Å². The van der Waals surface area contributed by atoms with Crippen molar-refractivity contribution in [2.45, 2.75) is 12.5 Å². The van der Waals surface area contributed by atoms with Crippen molar-refractivity contribution in [3.8, 4) is 17.1 Å². The minimum absolute atomic E-state index is 0.195. The van der Waals surface area contributed by atoms with Crippen molar-refractivity contribution in [3.63, 3.8) is 0 Å². The van der Waals surface area contributed by atoms with Gasteiger partial charge in [0.25, 0.3) is 5.91 Å². The molecule has 0 fully saturated rings. The quantitative estimate of drug-likeness (QED) is 0.345. The molecule has 0 radical (unpaired) electrons. The first kappa shape index (κ1) is 21.6. The minimum Gasteiger partial charge on any atom is -0.497 e. The van der Waals surface area contributed by atoms with E-state index in [1.54, 1.807) is 7.11 Å². The van der Waals surface area contributed by atoms with E-state index in [4.69, 9.17) is 4.74 Å². The predicted molar refractivity (Wildman–Crippen MR) is 132 cm³/mol. The molecule has 0 spiro atoms. The molecule has 1 atom stereocenters. The third kappa shape index (κ3) is 4.21. The largest absolute Gasteiger partial charge is 0.497 e.